The van der Waals surface area contributed by atoms with E-state index >= 15 is 0 Å². The second-order valence-corrected chi connectivity index (χ2v) is 5.05. The van der Waals surface area contributed by atoms with Gasteiger partial charge in [0.05, 0.1) is 5.56 Å². The van der Waals surface area contributed by atoms with Crippen molar-refractivity contribution < 1.29 is 19.1 Å². The lowest BCUT2D eigenvalue weighted by Gasteiger charge is -2.34. The van der Waals surface area contributed by atoms with Crippen LogP contribution in [0.3, 0.4) is 0 Å². The first-order chi connectivity index (χ1) is 10.5. The van der Waals surface area contributed by atoms with Crippen LogP contribution in [-0.2, 0) is 9.59 Å². The summed E-state index contributed by atoms with van der Waals surface area (Å²) in [7, 11) is 0. The molecule has 1 aliphatic heterocycles. The number of carbonyl (C=O) groups is 3. The summed E-state index contributed by atoms with van der Waals surface area (Å²) in [5.74, 6) is -0.432. The van der Waals surface area contributed by atoms with Gasteiger partial charge in [0.15, 0.2) is 6.61 Å². The third-order valence-corrected chi connectivity index (χ3v) is 3.50. The number of nitrogens with zero attached hydrogens (tertiary/aromatic N) is 2. The average Bonchev–Trinajstić information content (AvgIpc) is 2.52. The summed E-state index contributed by atoms with van der Waals surface area (Å²) < 4.78 is 5.28. The predicted octanol–water partition coefficient (Wildman–Crippen LogP) is -0.145. The lowest BCUT2D eigenvalue weighted by atomic mass is 10.1. The molecule has 0 aliphatic carbocycles. The highest BCUT2D eigenvalue weighted by Crippen LogP contribution is 2.20. The van der Waals surface area contributed by atoms with Crippen LogP contribution in [0.15, 0.2) is 24.3 Å². The molecular formula is C15H19N3O4. The number of piperazine rings is 1. The van der Waals surface area contributed by atoms with Crippen molar-refractivity contribution in [3.63, 3.8) is 0 Å². The first-order valence-corrected chi connectivity index (χ1v) is 7.04. The van der Waals surface area contributed by atoms with Gasteiger partial charge in [-0.05, 0) is 12.1 Å². The monoisotopic (exact) mass is 305 g/mol. The number of para-hydroxylation sites is 1. The maximum absolute atomic E-state index is 12.6. The molecule has 7 heteroatoms. The second kappa shape index (κ2) is 6.93. The van der Waals surface area contributed by atoms with Crippen LogP contribution in [-0.4, -0.2) is 60.3 Å². The van der Waals surface area contributed by atoms with Gasteiger partial charge >= 0.3 is 0 Å². The predicted molar refractivity (Wildman–Crippen MR) is 79.3 cm³/mol. The normalized spacial score (nSPS) is 14.6. The number of rotatable bonds is 4. The molecule has 1 aliphatic rings. The molecule has 1 aromatic carbocycles. The highest BCUT2D eigenvalue weighted by atomic mass is 16.5. The summed E-state index contributed by atoms with van der Waals surface area (Å²) in [6.45, 7) is 3.23. The Labute approximate surface area is 128 Å². The van der Waals surface area contributed by atoms with Crippen molar-refractivity contribution in [3.8, 4) is 5.75 Å². The van der Waals surface area contributed by atoms with Crippen LogP contribution >= 0.6 is 0 Å². The first-order valence-electron chi connectivity index (χ1n) is 7.04. The number of nitrogens with two attached hydrogens (primary N) is 1. The van der Waals surface area contributed by atoms with E-state index in [4.69, 9.17) is 10.5 Å². The number of benzene rings is 1. The lowest BCUT2D eigenvalue weighted by molar-refractivity contribution is -0.130. The van der Waals surface area contributed by atoms with Crippen molar-refractivity contribution in [2.24, 2.45) is 5.73 Å². The zero-order chi connectivity index (χ0) is 16.1. The Hall–Kier alpha value is -2.57. The van der Waals surface area contributed by atoms with E-state index in [1.165, 1.54) is 6.92 Å². The molecule has 3 amide bonds. The Morgan fingerprint density at radius 2 is 1.68 bits per heavy atom. The SMILES string of the molecule is CC(=O)N1CCN(C(=O)c2ccccc2OCC(N)=O)CC1. The zero-order valence-electron chi connectivity index (χ0n) is 12.4. The van der Waals surface area contributed by atoms with E-state index in [9.17, 15) is 14.4 Å². The summed E-state index contributed by atoms with van der Waals surface area (Å²) in [4.78, 5) is 38.1. The highest BCUT2D eigenvalue weighted by Gasteiger charge is 2.25. The van der Waals surface area contributed by atoms with Gasteiger partial charge in [-0.15, -0.1) is 0 Å². The van der Waals surface area contributed by atoms with Crippen molar-refractivity contribution in [2.45, 2.75) is 6.92 Å². The molecule has 1 heterocycles. The van der Waals surface area contributed by atoms with E-state index in [2.05, 4.69) is 0 Å². The molecule has 0 spiro atoms. The van der Waals surface area contributed by atoms with Gasteiger partial charge in [0.25, 0.3) is 11.8 Å². The van der Waals surface area contributed by atoms with E-state index < -0.39 is 5.91 Å². The molecule has 0 atom stereocenters. The van der Waals surface area contributed by atoms with Crippen LogP contribution < -0.4 is 10.5 Å². The molecular weight excluding hydrogens is 286 g/mol. The molecule has 0 aromatic heterocycles. The zero-order valence-corrected chi connectivity index (χ0v) is 12.4. The van der Waals surface area contributed by atoms with Gasteiger partial charge in [-0.3, -0.25) is 14.4 Å². The van der Waals surface area contributed by atoms with Gasteiger partial charge in [0.2, 0.25) is 5.91 Å². The van der Waals surface area contributed by atoms with E-state index in [1.54, 1.807) is 34.1 Å². The highest BCUT2D eigenvalue weighted by molar-refractivity contribution is 5.97. The molecule has 1 aromatic rings. The summed E-state index contributed by atoms with van der Waals surface area (Å²) in [6, 6.07) is 6.73. The largest absolute Gasteiger partial charge is 0.483 e. The quantitative estimate of drug-likeness (QED) is 0.837. The maximum Gasteiger partial charge on any atom is 0.257 e. The first kappa shape index (κ1) is 15.8. The molecule has 1 saturated heterocycles. The van der Waals surface area contributed by atoms with Crippen molar-refractivity contribution in [2.75, 3.05) is 32.8 Å². The van der Waals surface area contributed by atoms with Gasteiger partial charge in [-0.1, -0.05) is 12.1 Å². The molecule has 22 heavy (non-hydrogen) atoms. The number of hydrogen-bond acceptors (Lipinski definition) is 4. The number of carbonyl (C=O) groups excluding carboxylic acids is 3. The van der Waals surface area contributed by atoms with E-state index in [0.29, 0.717) is 37.5 Å². The van der Waals surface area contributed by atoms with E-state index in [0.717, 1.165) is 0 Å². The average molecular weight is 305 g/mol. The van der Waals surface area contributed by atoms with Crippen molar-refractivity contribution in [1.82, 2.24) is 9.80 Å². The Bertz CT molecular complexity index is 580. The van der Waals surface area contributed by atoms with Gasteiger partial charge in [-0.25, -0.2) is 0 Å². The third-order valence-electron chi connectivity index (χ3n) is 3.50. The van der Waals surface area contributed by atoms with Gasteiger partial charge in [0.1, 0.15) is 5.75 Å². The number of hydrogen-bond donors (Lipinski definition) is 1. The molecule has 0 bridgehead atoms. The van der Waals surface area contributed by atoms with Crippen LogP contribution in [0.5, 0.6) is 5.75 Å². The molecule has 118 valence electrons. The van der Waals surface area contributed by atoms with Crippen molar-refractivity contribution >= 4 is 17.7 Å². The second-order valence-electron chi connectivity index (χ2n) is 5.05. The maximum atomic E-state index is 12.6. The summed E-state index contributed by atoms with van der Waals surface area (Å²) in [6.07, 6.45) is 0. The molecule has 1 fully saturated rings. The fourth-order valence-corrected chi connectivity index (χ4v) is 2.31. The van der Waals surface area contributed by atoms with E-state index in [1.807, 2.05) is 0 Å². The summed E-state index contributed by atoms with van der Waals surface area (Å²) >= 11 is 0. The van der Waals surface area contributed by atoms with Crippen LogP contribution in [0.2, 0.25) is 0 Å². The standard InChI is InChI=1S/C15H19N3O4/c1-11(19)17-6-8-18(9-7-17)15(21)12-4-2-3-5-13(12)22-10-14(16)20/h2-5H,6-10H2,1H3,(H2,16,20). The molecule has 0 saturated carbocycles. The Balaban J connectivity index is 2.07. The van der Waals surface area contributed by atoms with Gasteiger partial charge < -0.3 is 20.3 Å². The number of ether oxygens (including phenoxy) is 1. The Kier molecular flexibility index (Phi) is 4.98. The Morgan fingerprint density at radius 1 is 1.09 bits per heavy atom. The molecule has 2 rings (SSSR count). The van der Waals surface area contributed by atoms with Crippen LogP contribution in [0.25, 0.3) is 0 Å². The molecule has 2 N–H and O–H groups in total. The lowest BCUT2D eigenvalue weighted by Crippen LogP contribution is -2.50. The van der Waals surface area contributed by atoms with Crippen LogP contribution in [0.4, 0.5) is 0 Å². The topological polar surface area (TPSA) is 92.9 Å². The summed E-state index contributed by atoms with van der Waals surface area (Å²) in [5, 5.41) is 0. The smallest absolute Gasteiger partial charge is 0.257 e. The number of primary amides is 1. The fraction of sp³-hybridized carbons (Fsp3) is 0.400. The van der Waals surface area contributed by atoms with Gasteiger partial charge in [-0.2, -0.15) is 0 Å². The fourth-order valence-electron chi connectivity index (χ4n) is 2.31. The molecule has 0 unspecified atom stereocenters. The minimum Gasteiger partial charge on any atom is -0.483 e. The number of amides is 3. The minimum absolute atomic E-state index is 0.0114. The molecule has 0 radical (unpaired) electrons. The summed E-state index contributed by atoms with van der Waals surface area (Å²) in [5.41, 5.74) is 5.45. The minimum atomic E-state index is -0.600. The third kappa shape index (κ3) is 3.75. The Morgan fingerprint density at radius 3 is 2.27 bits per heavy atom. The van der Waals surface area contributed by atoms with Crippen molar-refractivity contribution in [3.05, 3.63) is 29.8 Å². The molecule has 7 nitrogen and oxygen atoms in total. The van der Waals surface area contributed by atoms with Crippen LogP contribution in [0, 0.1) is 0 Å². The van der Waals surface area contributed by atoms with Crippen molar-refractivity contribution in [1.29, 1.82) is 0 Å². The van der Waals surface area contributed by atoms with Crippen LogP contribution in [0.1, 0.15) is 17.3 Å². The van der Waals surface area contributed by atoms with E-state index in [-0.39, 0.29) is 18.4 Å². The van der Waals surface area contributed by atoms with Gasteiger partial charge in [0, 0.05) is 33.1 Å².